The molecule has 2 aromatic rings. The van der Waals surface area contributed by atoms with E-state index in [9.17, 15) is 0 Å². The highest BCUT2D eigenvalue weighted by molar-refractivity contribution is 5.66. The summed E-state index contributed by atoms with van der Waals surface area (Å²) in [6.07, 6.45) is 1.60. The summed E-state index contributed by atoms with van der Waals surface area (Å²) in [4.78, 5) is 4.16. The minimum atomic E-state index is 0.176. The van der Waals surface area contributed by atoms with Crippen molar-refractivity contribution in [1.29, 1.82) is 0 Å². The fourth-order valence-electron chi connectivity index (χ4n) is 1.73. The van der Waals surface area contributed by atoms with E-state index in [0.29, 0.717) is 0 Å². The normalized spacial score (nSPS) is 10.3. The summed E-state index contributed by atoms with van der Waals surface area (Å²) >= 11 is 0. The minimum Gasteiger partial charge on any atom is -0.496 e. The fraction of sp³-hybridized carbons (Fsp3) is 0.250. The van der Waals surface area contributed by atoms with Crippen LogP contribution in [0.1, 0.15) is 11.1 Å². The lowest BCUT2D eigenvalue weighted by molar-refractivity contribution is 0.411. The van der Waals surface area contributed by atoms with Crippen LogP contribution in [0.2, 0.25) is 0 Å². The van der Waals surface area contributed by atoms with Crippen LogP contribution in [0.4, 0.5) is 5.95 Å². The molecule has 0 saturated carbocycles. The molecule has 0 saturated heterocycles. The van der Waals surface area contributed by atoms with Crippen molar-refractivity contribution in [3.63, 3.8) is 0 Å². The maximum Gasteiger partial charge on any atom is 0.240 e. The first-order valence-electron chi connectivity index (χ1n) is 5.22. The quantitative estimate of drug-likeness (QED) is 0.850. The van der Waals surface area contributed by atoms with E-state index in [0.717, 1.165) is 28.1 Å². The molecule has 5 nitrogen and oxygen atoms in total. The summed E-state index contributed by atoms with van der Waals surface area (Å²) < 4.78 is 5.27. The number of methoxy groups -OCH3 is 1. The number of ether oxygens (including phenoxy) is 1. The van der Waals surface area contributed by atoms with Gasteiger partial charge in [0.15, 0.2) is 0 Å². The Hall–Kier alpha value is -2.17. The molecule has 0 radical (unpaired) electrons. The van der Waals surface area contributed by atoms with Crippen molar-refractivity contribution < 1.29 is 4.74 Å². The molecule has 0 aliphatic heterocycles. The zero-order valence-electron chi connectivity index (χ0n) is 10.1. The number of hydrogen-bond acceptors (Lipinski definition) is 5. The Morgan fingerprint density at radius 3 is 2.59 bits per heavy atom. The zero-order chi connectivity index (χ0) is 12.4. The second-order valence-electron chi connectivity index (χ2n) is 3.84. The third kappa shape index (κ3) is 2.18. The second-order valence-corrected chi connectivity index (χ2v) is 3.84. The Balaban J connectivity index is 2.56. The van der Waals surface area contributed by atoms with Crippen LogP contribution in [0.15, 0.2) is 18.3 Å². The summed E-state index contributed by atoms with van der Waals surface area (Å²) in [5.74, 6) is 1.04. The number of benzene rings is 1. The summed E-state index contributed by atoms with van der Waals surface area (Å²) in [5.41, 5.74) is 9.35. The summed E-state index contributed by atoms with van der Waals surface area (Å²) in [7, 11) is 1.66. The zero-order valence-corrected chi connectivity index (χ0v) is 10.1. The number of rotatable bonds is 2. The molecule has 2 rings (SSSR count). The molecular formula is C12H14N4O. The molecule has 1 heterocycles. The van der Waals surface area contributed by atoms with Crippen molar-refractivity contribution in [3.8, 4) is 17.0 Å². The van der Waals surface area contributed by atoms with Gasteiger partial charge in [0.05, 0.1) is 19.0 Å². The molecule has 0 unspecified atom stereocenters. The summed E-state index contributed by atoms with van der Waals surface area (Å²) in [6.45, 7) is 3.98. The third-order valence-electron chi connectivity index (χ3n) is 2.59. The molecule has 0 aliphatic carbocycles. The lowest BCUT2D eigenvalue weighted by atomic mass is 10.0. The van der Waals surface area contributed by atoms with Crippen molar-refractivity contribution in [3.05, 3.63) is 29.5 Å². The molecular weight excluding hydrogens is 216 g/mol. The maximum atomic E-state index is 5.53. The molecule has 17 heavy (non-hydrogen) atoms. The number of aryl methyl sites for hydroxylation is 2. The van der Waals surface area contributed by atoms with Gasteiger partial charge in [-0.25, -0.2) is 4.98 Å². The largest absolute Gasteiger partial charge is 0.496 e. The van der Waals surface area contributed by atoms with Crippen molar-refractivity contribution in [2.75, 3.05) is 12.8 Å². The molecule has 2 N–H and O–H groups in total. The van der Waals surface area contributed by atoms with E-state index in [1.54, 1.807) is 13.3 Å². The Morgan fingerprint density at radius 2 is 1.94 bits per heavy atom. The molecule has 0 atom stereocenters. The summed E-state index contributed by atoms with van der Waals surface area (Å²) in [6, 6.07) is 3.99. The van der Waals surface area contributed by atoms with Gasteiger partial charge in [-0.3, -0.25) is 0 Å². The van der Waals surface area contributed by atoms with E-state index in [4.69, 9.17) is 10.5 Å². The fourth-order valence-corrected chi connectivity index (χ4v) is 1.73. The van der Waals surface area contributed by atoms with Gasteiger partial charge in [-0.05, 0) is 37.1 Å². The molecule has 5 heteroatoms. The summed E-state index contributed by atoms with van der Waals surface area (Å²) in [5, 5.41) is 7.45. The highest BCUT2D eigenvalue weighted by atomic mass is 16.5. The topological polar surface area (TPSA) is 73.9 Å². The van der Waals surface area contributed by atoms with Crippen LogP contribution >= 0.6 is 0 Å². The predicted molar refractivity (Wildman–Crippen MR) is 65.7 cm³/mol. The molecule has 0 aliphatic rings. The Morgan fingerprint density at radius 1 is 1.18 bits per heavy atom. The van der Waals surface area contributed by atoms with Crippen LogP contribution in [0.25, 0.3) is 11.3 Å². The van der Waals surface area contributed by atoms with Gasteiger partial charge < -0.3 is 10.5 Å². The van der Waals surface area contributed by atoms with Crippen LogP contribution in [0.3, 0.4) is 0 Å². The van der Waals surface area contributed by atoms with Gasteiger partial charge in [-0.1, -0.05) is 0 Å². The number of nitrogens with two attached hydrogens (primary N) is 1. The first-order valence-corrected chi connectivity index (χ1v) is 5.22. The average Bonchev–Trinajstić information content (AvgIpc) is 2.31. The van der Waals surface area contributed by atoms with Crippen molar-refractivity contribution >= 4 is 5.95 Å². The van der Waals surface area contributed by atoms with E-state index in [1.807, 2.05) is 26.0 Å². The highest BCUT2D eigenvalue weighted by Crippen LogP contribution is 2.28. The van der Waals surface area contributed by atoms with E-state index in [1.165, 1.54) is 0 Å². The van der Waals surface area contributed by atoms with Crippen LogP contribution in [-0.2, 0) is 0 Å². The molecule has 0 amide bonds. The van der Waals surface area contributed by atoms with Gasteiger partial charge in [-0.2, -0.15) is 5.10 Å². The highest BCUT2D eigenvalue weighted by Gasteiger charge is 2.08. The number of nitrogen functional groups attached to an aromatic ring is 1. The van der Waals surface area contributed by atoms with Crippen molar-refractivity contribution in [2.45, 2.75) is 13.8 Å². The predicted octanol–water partition coefficient (Wildman–Crippen LogP) is 1.75. The van der Waals surface area contributed by atoms with Gasteiger partial charge in [0.25, 0.3) is 0 Å². The molecule has 0 fully saturated rings. The van der Waals surface area contributed by atoms with Crippen LogP contribution in [-0.4, -0.2) is 22.3 Å². The molecule has 1 aromatic carbocycles. The van der Waals surface area contributed by atoms with Gasteiger partial charge in [0.1, 0.15) is 5.75 Å². The van der Waals surface area contributed by atoms with E-state index in [2.05, 4.69) is 15.2 Å². The minimum absolute atomic E-state index is 0.176. The van der Waals surface area contributed by atoms with Crippen LogP contribution in [0.5, 0.6) is 5.75 Å². The van der Waals surface area contributed by atoms with Gasteiger partial charge in [0, 0.05) is 5.56 Å². The van der Waals surface area contributed by atoms with E-state index >= 15 is 0 Å². The van der Waals surface area contributed by atoms with Gasteiger partial charge in [-0.15, -0.1) is 5.10 Å². The van der Waals surface area contributed by atoms with E-state index < -0.39 is 0 Å². The number of anilines is 1. The van der Waals surface area contributed by atoms with Gasteiger partial charge >= 0.3 is 0 Å². The number of hydrogen-bond donors (Lipinski definition) is 1. The van der Waals surface area contributed by atoms with Gasteiger partial charge in [0.2, 0.25) is 5.95 Å². The van der Waals surface area contributed by atoms with Crippen molar-refractivity contribution in [2.24, 2.45) is 0 Å². The van der Waals surface area contributed by atoms with Crippen molar-refractivity contribution in [1.82, 2.24) is 15.2 Å². The molecule has 0 spiro atoms. The first-order chi connectivity index (χ1) is 8.11. The van der Waals surface area contributed by atoms with Crippen LogP contribution in [0, 0.1) is 13.8 Å². The lowest BCUT2D eigenvalue weighted by Crippen LogP contribution is -1.99. The average molecular weight is 230 g/mol. The monoisotopic (exact) mass is 230 g/mol. The number of aromatic nitrogens is 3. The molecule has 0 bridgehead atoms. The maximum absolute atomic E-state index is 5.53. The molecule has 1 aromatic heterocycles. The smallest absolute Gasteiger partial charge is 0.240 e. The second kappa shape index (κ2) is 4.37. The Labute approximate surface area is 99.7 Å². The lowest BCUT2D eigenvalue weighted by Gasteiger charge is -2.10. The Bertz CT molecular complexity index is 554. The SMILES string of the molecule is COc1cc(C)c(-c2cnnc(N)n2)cc1C. The van der Waals surface area contributed by atoms with Crippen LogP contribution < -0.4 is 10.5 Å². The van der Waals surface area contributed by atoms with E-state index in [-0.39, 0.29) is 5.95 Å². The first kappa shape index (κ1) is 11.3. The number of nitrogens with zero attached hydrogens (tertiary/aromatic N) is 3. The Kier molecular flexibility index (Phi) is 2.91. The third-order valence-corrected chi connectivity index (χ3v) is 2.59. The standard InChI is InChI=1S/C12H14N4O/c1-7-5-11(17-3)8(2)4-9(7)10-6-14-16-12(13)15-10/h4-6H,1-3H3,(H2,13,15,16). The molecule has 88 valence electrons.